The molecule has 0 aliphatic carbocycles. The number of fused-ring (bicyclic) bond motifs is 1. The molecule has 4 nitrogen and oxygen atoms in total. The van der Waals surface area contributed by atoms with Crippen LogP contribution in [-0.2, 0) is 0 Å². The number of hydrogen-bond acceptors (Lipinski definition) is 5. The van der Waals surface area contributed by atoms with E-state index in [9.17, 15) is 0 Å². The van der Waals surface area contributed by atoms with Gasteiger partial charge in [0.05, 0.1) is 11.8 Å². The number of hydrogen-bond donors (Lipinski definition) is 0. The zero-order chi connectivity index (χ0) is 21.8. The predicted octanol–water partition coefficient (Wildman–Crippen LogP) is 4.48. The van der Waals surface area contributed by atoms with Gasteiger partial charge in [-0.1, -0.05) is 60.7 Å². The van der Waals surface area contributed by atoms with Gasteiger partial charge in [0.1, 0.15) is 0 Å². The van der Waals surface area contributed by atoms with Gasteiger partial charge in [0, 0.05) is 50.1 Å². The first kappa shape index (κ1) is 21.7. The van der Waals surface area contributed by atoms with E-state index in [1.807, 2.05) is 0 Å². The quantitative estimate of drug-likeness (QED) is 0.652. The summed E-state index contributed by atoms with van der Waals surface area (Å²) in [5.41, 5.74) is 5.40. The third kappa shape index (κ3) is 4.95. The molecule has 2 aromatic rings. The molecule has 0 radical (unpaired) electrons. The van der Waals surface area contributed by atoms with Crippen molar-refractivity contribution in [3.63, 3.8) is 0 Å². The van der Waals surface area contributed by atoms with Crippen molar-refractivity contribution in [2.24, 2.45) is 11.0 Å². The standard InChI is InChI=1S/C27H34N4S/c1-29-15-17-30(18-16-29)13-8-14-31-27(23-11-6-3-7-12-23)25-21-32-20-24(26(25)28-31)19-22-9-4-2-5-10-22/h2-7,9-12,19,25,27H,8,13-18,20-21H2,1H3. The second-order valence-electron chi connectivity index (χ2n) is 9.20. The SMILES string of the molecule is CN1CCN(CCCN2N=C3C(=Cc4ccccc4)CSCC3C2c2ccccc2)CC1. The Morgan fingerprint density at radius 3 is 2.41 bits per heavy atom. The molecule has 168 valence electrons. The number of benzene rings is 2. The van der Waals surface area contributed by atoms with E-state index in [4.69, 9.17) is 5.10 Å². The minimum absolute atomic E-state index is 0.352. The average molecular weight is 447 g/mol. The summed E-state index contributed by atoms with van der Waals surface area (Å²) in [5.74, 6) is 2.68. The fourth-order valence-electron chi connectivity index (χ4n) is 5.11. The maximum absolute atomic E-state index is 5.28. The molecule has 5 rings (SSSR count). The molecule has 2 unspecified atom stereocenters. The zero-order valence-corrected chi connectivity index (χ0v) is 19.9. The molecule has 0 N–H and O–H groups in total. The minimum atomic E-state index is 0.352. The maximum Gasteiger partial charge on any atom is 0.0812 e. The van der Waals surface area contributed by atoms with Crippen LogP contribution in [0.2, 0.25) is 0 Å². The molecule has 32 heavy (non-hydrogen) atoms. The first-order chi connectivity index (χ1) is 15.8. The Hall–Kier alpha value is -2.08. The van der Waals surface area contributed by atoms with E-state index in [1.54, 1.807) is 0 Å². The van der Waals surface area contributed by atoms with Crippen LogP contribution in [0.4, 0.5) is 0 Å². The van der Waals surface area contributed by atoms with E-state index in [-0.39, 0.29) is 0 Å². The highest BCUT2D eigenvalue weighted by Crippen LogP contribution is 2.43. The lowest BCUT2D eigenvalue weighted by Crippen LogP contribution is -2.45. The molecule has 0 amide bonds. The molecule has 0 aromatic heterocycles. The number of likely N-dealkylation sites (N-methyl/N-ethyl adjacent to an activating group) is 1. The van der Waals surface area contributed by atoms with Crippen molar-refractivity contribution < 1.29 is 0 Å². The van der Waals surface area contributed by atoms with E-state index in [1.165, 1.54) is 61.6 Å². The summed E-state index contributed by atoms with van der Waals surface area (Å²) in [6, 6.07) is 22.1. The molecule has 0 spiro atoms. The van der Waals surface area contributed by atoms with E-state index >= 15 is 0 Å². The fraction of sp³-hybridized carbons (Fsp3) is 0.444. The van der Waals surface area contributed by atoms with Crippen LogP contribution in [-0.4, -0.2) is 78.3 Å². The molecule has 2 aromatic carbocycles. The lowest BCUT2D eigenvalue weighted by molar-refractivity contribution is 0.139. The number of thioether (sulfide) groups is 1. The predicted molar refractivity (Wildman–Crippen MR) is 137 cm³/mol. The van der Waals surface area contributed by atoms with Crippen LogP contribution in [0.25, 0.3) is 6.08 Å². The smallest absolute Gasteiger partial charge is 0.0812 e. The summed E-state index contributed by atoms with van der Waals surface area (Å²) in [6.45, 7) is 6.95. The molecule has 3 aliphatic rings. The Balaban J connectivity index is 1.35. The van der Waals surface area contributed by atoms with Gasteiger partial charge < -0.3 is 9.80 Å². The van der Waals surface area contributed by atoms with Crippen LogP contribution < -0.4 is 0 Å². The summed E-state index contributed by atoms with van der Waals surface area (Å²) in [6.07, 6.45) is 3.52. The van der Waals surface area contributed by atoms with Crippen molar-refractivity contribution in [2.45, 2.75) is 12.5 Å². The van der Waals surface area contributed by atoms with Gasteiger partial charge >= 0.3 is 0 Å². The Labute approximate surface area is 197 Å². The van der Waals surface area contributed by atoms with Gasteiger partial charge in [-0.2, -0.15) is 16.9 Å². The number of nitrogens with zero attached hydrogens (tertiary/aromatic N) is 4. The molecule has 2 fully saturated rings. The summed E-state index contributed by atoms with van der Waals surface area (Å²) >= 11 is 2.06. The van der Waals surface area contributed by atoms with Crippen molar-refractivity contribution >= 4 is 23.5 Å². The Morgan fingerprint density at radius 2 is 1.66 bits per heavy atom. The van der Waals surface area contributed by atoms with E-state index in [0.717, 1.165) is 18.1 Å². The third-order valence-corrected chi connectivity index (χ3v) is 8.02. The highest BCUT2D eigenvalue weighted by Gasteiger charge is 2.41. The second-order valence-corrected chi connectivity index (χ2v) is 10.2. The van der Waals surface area contributed by atoms with Crippen LogP contribution in [0.5, 0.6) is 0 Å². The van der Waals surface area contributed by atoms with Gasteiger partial charge in [0.15, 0.2) is 0 Å². The number of rotatable bonds is 6. The molecular weight excluding hydrogens is 412 g/mol. The van der Waals surface area contributed by atoms with Crippen molar-refractivity contribution in [1.82, 2.24) is 14.8 Å². The number of piperazine rings is 1. The third-order valence-electron chi connectivity index (χ3n) is 6.91. The first-order valence-electron chi connectivity index (χ1n) is 11.9. The van der Waals surface area contributed by atoms with Gasteiger partial charge in [-0.05, 0) is 42.8 Å². The first-order valence-corrected chi connectivity index (χ1v) is 13.1. The summed E-state index contributed by atoms with van der Waals surface area (Å²) < 4.78 is 0. The van der Waals surface area contributed by atoms with E-state index in [0.29, 0.717) is 12.0 Å². The van der Waals surface area contributed by atoms with Crippen molar-refractivity contribution in [1.29, 1.82) is 0 Å². The van der Waals surface area contributed by atoms with Crippen LogP contribution in [0.3, 0.4) is 0 Å². The lowest BCUT2D eigenvalue weighted by Gasteiger charge is -2.33. The van der Waals surface area contributed by atoms with Crippen LogP contribution in [0.15, 0.2) is 71.3 Å². The van der Waals surface area contributed by atoms with Gasteiger partial charge in [0.2, 0.25) is 0 Å². The number of hydrazone groups is 1. The van der Waals surface area contributed by atoms with Crippen molar-refractivity contribution in [2.75, 3.05) is 57.8 Å². The summed E-state index contributed by atoms with van der Waals surface area (Å²) in [7, 11) is 2.22. The molecule has 0 bridgehead atoms. The Kier molecular flexibility index (Phi) is 6.96. The second kappa shape index (κ2) is 10.2. The van der Waals surface area contributed by atoms with Gasteiger partial charge in [-0.3, -0.25) is 5.01 Å². The van der Waals surface area contributed by atoms with Gasteiger partial charge in [-0.25, -0.2) is 0 Å². The van der Waals surface area contributed by atoms with Crippen molar-refractivity contribution in [3.8, 4) is 0 Å². The topological polar surface area (TPSA) is 22.1 Å². The average Bonchev–Trinajstić information content (AvgIpc) is 3.21. The molecule has 3 heterocycles. The molecule has 2 atom stereocenters. The normalized spacial score (nSPS) is 25.7. The molecular formula is C27H34N4S. The summed E-state index contributed by atoms with van der Waals surface area (Å²) in [5, 5.41) is 7.69. The Morgan fingerprint density at radius 1 is 0.938 bits per heavy atom. The zero-order valence-electron chi connectivity index (χ0n) is 19.1. The molecule has 3 aliphatic heterocycles. The van der Waals surface area contributed by atoms with Crippen LogP contribution in [0.1, 0.15) is 23.6 Å². The van der Waals surface area contributed by atoms with Gasteiger partial charge in [-0.15, -0.1) is 0 Å². The molecule has 2 saturated heterocycles. The monoisotopic (exact) mass is 446 g/mol. The van der Waals surface area contributed by atoms with Crippen LogP contribution >= 0.6 is 11.8 Å². The molecule has 5 heteroatoms. The largest absolute Gasteiger partial charge is 0.304 e. The van der Waals surface area contributed by atoms with Gasteiger partial charge in [0.25, 0.3) is 0 Å². The van der Waals surface area contributed by atoms with E-state index in [2.05, 4.69) is 100 Å². The lowest BCUT2D eigenvalue weighted by atomic mass is 9.87. The van der Waals surface area contributed by atoms with Crippen LogP contribution in [0, 0.1) is 5.92 Å². The highest BCUT2D eigenvalue weighted by molar-refractivity contribution is 7.99. The summed E-state index contributed by atoms with van der Waals surface area (Å²) in [4.78, 5) is 5.04. The highest BCUT2D eigenvalue weighted by atomic mass is 32.2. The Bertz CT molecular complexity index is 935. The maximum atomic E-state index is 5.28. The minimum Gasteiger partial charge on any atom is -0.304 e. The molecule has 0 saturated carbocycles. The van der Waals surface area contributed by atoms with Crippen molar-refractivity contribution in [3.05, 3.63) is 77.4 Å². The van der Waals surface area contributed by atoms with E-state index < -0.39 is 0 Å². The fourth-order valence-corrected chi connectivity index (χ4v) is 6.27.